The van der Waals surface area contributed by atoms with Gasteiger partial charge in [0.25, 0.3) is 0 Å². The first-order chi connectivity index (χ1) is 7.96. The lowest BCUT2D eigenvalue weighted by Gasteiger charge is -2.35. The van der Waals surface area contributed by atoms with Crippen LogP contribution in [0.2, 0.25) is 0 Å². The summed E-state index contributed by atoms with van der Waals surface area (Å²) < 4.78 is 0. The second-order valence-electron chi connectivity index (χ2n) is 5.77. The van der Waals surface area contributed by atoms with Crippen molar-refractivity contribution < 1.29 is 0 Å². The zero-order valence-electron chi connectivity index (χ0n) is 12.7. The van der Waals surface area contributed by atoms with Crippen molar-refractivity contribution in [2.75, 3.05) is 38.7 Å². The molecule has 0 aromatic carbocycles. The molecule has 0 fully saturated rings. The van der Waals surface area contributed by atoms with Crippen LogP contribution in [0.15, 0.2) is 0 Å². The summed E-state index contributed by atoms with van der Waals surface area (Å²) >= 11 is 1.95. The Hall–Kier alpha value is 0.270. The minimum Gasteiger partial charge on any atom is -0.316 e. The van der Waals surface area contributed by atoms with Gasteiger partial charge in [-0.2, -0.15) is 11.8 Å². The van der Waals surface area contributed by atoms with Crippen LogP contribution in [0.3, 0.4) is 0 Å². The Morgan fingerprint density at radius 1 is 1.29 bits per heavy atom. The maximum absolute atomic E-state index is 3.54. The van der Waals surface area contributed by atoms with Crippen LogP contribution in [0.25, 0.3) is 0 Å². The molecule has 0 aliphatic carbocycles. The van der Waals surface area contributed by atoms with Crippen molar-refractivity contribution in [1.82, 2.24) is 10.2 Å². The van der Waals surface area contributed by atoms with Crippen LogP contribution in [-0.2, 0) is 0 Å². The van der Waals surface area contributed by atoms with E-state index in [0.29, 0.717) is 5.41 Å². The van der Waals surface area contributed by atoms with Crippen molar-refractivity contribution in [3.63, 3.8) is 0 Å². The van der Waals surface area contributed by atoms with E-state index in [-0.39, 0.29) is 0 Å². The molecular weight excluding hydrogens is 228 g/mol. The molecule has 0 aromatic rings. The Kier molecular flexibility index (Phi) is 9.38. The summed E-state index contributed by atoms with van der Waals surface area (Å²) in [4.78, 5) is 2.53. The van der Waals surface area contributed by atoms with Crippen LogP contribution < -0.4 is 5.32 Å². The largest absolute Gasteiger partial charge is 0.316 e. The topological polar surface area (TPSA) is 15.3 Å². The maximum atomic E-state index is 3.54. The monoisotopic (exact) mass is 260 g/mol. The molecule has 1 N–H and O–H groups in total. The van der Waals surface area contributed by atoms with Crippen molar-refractivity contribution in [3.05, 3.63) is 0 Å². The lowest BCUT2D eigenvalue weighted by atomic mass is 9.92. The van der Waals surface area contributed by atoms with E-state index in [0.717, 1.165) is 19.1 Å². The molecular formula is C14H32N2S. The first-order valence-electron chi connectivity index (χ1n) is 6.86. The van der Waals surface area contributed by atoms with Gasteiger partial charge in [0.1, 0.15) is 0 Å². The highest BCUT2D eigenvalue weighted by molar-refractivity contribution is 7.98. The van der Waals surface area contributed by atoms with E-state index >= 15 is 0 Å². The van der Waals surface area contributed by atoms with Crippen molar-refractivity contribution in [1.29, 1.82) is 0 Å². The Morgan fingerprint density at radius 3 is 2.41 bits per heavy atom. The van der Waals surface area contributed by atoms with E-state index in [1.807, 2.05) is 11.8 Å². The molecule has 0 radical (unpaired) electrons. The van der Waals surface area contributed by atoms with Gasteiger partial charge in [-0.05, 0) is 38.1 Å². The second kappa shape index (κ2) is 9.23. The van der Waals surface area contributed by atoms with Crippen LogP contribution in [0.4, 0.5) is 0 Å². The Bertz CT molecular complexity index is 183. The third-order valence-electron chi connectivity index (χ3n) is 3.16. The highest BCUT2D eigenvalue weighted by Crippen LogP contribution is 2.18. The molecule has 1 unspecified atom stereocenters. The summed E-state index contributed by atoms with van der Waals surface area (Å²) in [7, 11) is 2.27. The quantitative estimate of drug-likeness (QED) is 0.608. The molecule has 0 saturated heterocycles. The molecule has 104 valence electrons. The SMILES string of the molecule is CCCNCC(C)(C)CN(C)C(CC)CSC. The minimum absolute atomic E-state index is 0.357. The number of thioether (sulfide) groups is 1. The Morgan fingerprint density at radius 2 is 1.94 bits per heavy atom. The highest BCUT2D eigenvalue weighted by atomic mass is 32.2. The van der Waals surface area contributed by atoms with Crippen LogP contribution >= 0.6 is 11.8 Å². The van der Waals surface area contributed by atoms with E-state index in [2.05, 4.69) is 51.2 Å². The number of nitrogens with one attached hydrogen (secondary N) is 1. The van der Waals surface area contributed by atoms with Gasteiger partial charge in [-0.15, -0.1) is 0 Å². The predicted octanol–water partition coefficient (Wildman–Crippen LogP) is 3.09. The van der Waals surface area contributed by atoms with Gasteiger partial charge >= 0.3 is 0 Å². The second-order valence-corrected chi connectivity index (χ2v) is 6.68. The summed E-state index contributed by atoms with van der Waals surface area (Å²) in [6.45, 7) is 12.6. The molecule has 17 heavy (non-hydrogen) atoms. The van der Waals surface area contributed by atoms with E-state index < -0.39 is 0 Å². The van der Waals surface area contributed by atoms with Gasteiger partial charge in [0.2, 0.25) is 0 Å². The van der Waals surface area contributed by atoms with Crippen molar-refractivity contribution in [2.24, 2.45) is 5.41 Å². The smallest absolute Gasteiger partial charge is 0.0180 e. The summed E-state index contributed by atoms with van der Waals surface area (Å²) in [5, 5.41) is 3.54. The van der Waals surface area contributed by atoms with Gasteiger partial charge in [-0.1, -0.05) is 27.7 Å². The van der Waals surface area contributed by atoms with Crippen LogP contribution in [-0.4, -0.2) is 49.6 Å². The third-order valence-corrected chi connectivity index (χ3v) is 3.88. The lowest BCUT2D eigenvalue weighted by Crippen LogP contribution is -2.44. The van der Waals surface area contributed by atoms with E-state index in [9.17, 15) is 0 Å². The summed E-state index contributed by atoms with van der Waals surface area (Å²) in [5.41, 5.74) is 0.357. The molecule has 0 aliphatic heterocycles. The Labute approximate surface area is 113 Å². The molecule has 0 heterocycles. The van der Waals surface area contributed by atoms with Crippen LogP contribution in [0.1, 0.15) is 40.5 Å². The molecule has 0 rings (SSSR count). The number of rotatable bonds is 10. The first kappa shape index (κ1) is 17.3. The number of nitrogens with zero attached hydrogens (tertiary/aromatic N) is 1. The van der Waals surface area contributed by atoms with Crippen molar-refractivity contribution in [3.8, 4) is 0 Å². The van der Waals surface area contributed by atoms with Gasteiger partial charge in [-0.3, -0.25) is 0 Å². The zero-order chi connectivity index (χ0) is 13.3. The van der Waals surface area contributed by atoms with Crippen LogP contribution in [0, 0.1) is 5.41 Å². The fourth-order valence-electron chi connectivity index (χ4n) is 2.21. The molecule has 0 aromatic heterocycles. The standard InChI is InChI=1S/C14H32N2S/c1-7-9-15-11-14(3,4)12-16(5)13(8-2)10-17-6/h13,15H,7-12H2,1-6H3. The van der Waals surface area contributed by atoms with Gasteiger partial charge in [-0.25, -0.2) is 0 Å². The van der Waals surface area contributed by atoms with Gasteiger partial charge in [0.05, 0.1) is 0 Å². The lowest BCUT2D eigenvalue weighted by molar-refractivity contribution is 0.165. The van der Waals surface area contributed by atoms with Crippen molar-refractivity contribution in [2.45, 2.75) is 46.6 Å². The minimum atomic E-state index is 0.357. The normalized spacial score (nSPS) is 14.3. The number of hydrogen-bond acceptors (Lipinski definition) is 3. The van der Waals surface area contributed by atoms with Gasteiger partial charge < -0.3 is 10.2 Å². The average molecular weight is 260 g/mol. The van der Waals surface area contributed by atoms with Gasteiger partial charge in [0.15, 0.2) is 0 Å². The summed E-state index contributed by atoms with van der Waals surface area (Å²) in [6.07, 6.45) is 4.66. The zero-order valence-corrected chi connectivity index (χ0v) is 13.5. The van der Waals surface area contributed by atoms with E-state index in [4.69, 9.17) is 0 Å². The predicted molar refractivity (Wildman–Crippen MR) is 82.0 cm³/mol. The third kappa shape index (κ3) is 8.06. The van der Waals surface area contributed by atoms with Crippen LogP contribution in [0.5, 0.6) is 0 Å². The summed E-state index contributed by atoms with van der Waals surface area (Å²) in [6, 6.07) is 0.718. The Balaban J connectivity index is 4.08. The van der Waals surface area contributed by atoms with E-state index in [1.54, 1.807) is 0 Å². The van der Waals surface area contributed by atoms with E-state index in [1.165, 1.54) is 25.1 Å². The number of hydrogen-bond donors (Lipinski definition) is 1. The molecule has 0 bridgehead atoms. The molecule has 3 heteroatoms. The van der Waals surface area contributed by atoms with Crippen molar-refractivity contribution >= 4 is 11.8 Å². The molecule has 0 saturated carbocycles. The highest BCUT2D eigenvalue weighted by Gasteiger charge is 2.22. The first-order valence-corrected chi connectivity index (χ1v) is 8.26. The molecule has 1 atom stereocenters. The fourth-order valence-corrected chi connectivity index (χ4v) is 3.09. The fraction of sp³-hybridized carbons (Fsp3) is 1.00. The summed E-state index contributed by atoms with van der Waals surface area (Å²) in [5.74, 6) is 1.24. The van der Waals surface area contributed by atoms with Gasteiger partial charge in [0, 0.05) is 24.9 Å². The molecule has 0 amide bonds. The maximum Gasteiger partial charge on any atom is 0.0180 e. The molecule has 0 aliphatic rings. The molecule has 0 spiro atoms. The molecule has 2 nitrogen and oxygen atoms in total. The average Bonchev–Trinajstić information content (AvgIpc) is 2.25.